The minimum absolute atomic E-state index is 0.331. The summed E-state index contributed by atoms with van der Waals surface area (Å²) < 4.78 is 33.3. The monoisotopic (exact) mass is 345 g/mol. The van der Waals surface area contributed by atoms with Crippen LogP contribution in [-0.2, 0) is 21.3 Å². The van der Waals surface area contributed by atoms with Crippen LogP contribution in [0.2, 0.25) is 0 Å². The molecular formula is C13H16BrNO3S. The molecule has 19 heavy (non-hydrogen) atoms. The Morgan fingerprint density at radius 2 is 2.00 bits per heavy atom. The molecule has 1 fully saturated rings. The summed E-state index contributed by atoms with van der Waals surface area (Å²) in [5, 5.41) is 0. The van der Waals surface area contributed by atoms with E-state index < -0.39 is 10.0 Å². The van der Waals surface area contributed by atoms with Crippen molar-refractivity contribution in [2.45, 2.75) is 36.7 Å². The zero-order chi connectivity index (χ0) is 13.7. The van der Waals surface area contributed by atoms with Crippen LogP contribution in [0.5, 0.6) is 0 Å². The van der Waals surface area contributed by atoms with Gasteiger partial charge in [0, 0.05) is 29.8 Å². The molecule has 1 saturated heterocycles. The molecule has 0 spiro atoms. The molecule has 0 aromatic heterocycles. The number of ether oxygens (including phenoxy) is 1. The second kappa shape index (κ2) is 4.55. The first-order valence-electron chi connectivity index (χ1n) is 6.32. The van der Waals surface area contributed by atoms with Crippen LogP contribution >= 0.6 is 15.9 Å². The molecule has 6 heteroatoms. The minimum atomic E-state index is -3.36. The highest BCUT2D eigenvalue weighted by atomic mass is 79.9. The maximum atomic E-state index is 12.7. The van der Waals surface area contributed by atoms with Crippen LogP contribution in [0.3, 0.4) is 0 Å². The highest BCUT2D eigenvalue weighted by Gasteiger charge is 2.46. The molecule has 1 aromatic carbocycles. The first-order valence-corrected chi connectivity index (χ1v) is 8.56. The highest BCUT2D eigenvalue weighted by Crippen LogP contribution is 2.40. The fourth-order valence-electron chi connectivity index (χ4n) is 2.82. The molecular weight excluding hydrogens is 330 g/mol. The topological polar surface area (TPSA) is 46.6 Å². The van der Waals surface area contributed by atoms with Gasteiger partial charge >= 0.3 is 0 Å². The molecule has 0 N–H and O–H groups in total. The lowest BCUT2D eigenvalue weighted by Gasteiger charge is -2.40. The van der Waals surface area contributed by atoms with Gasteiger partial charge in [0.05, 0.1) is 4.90 Å². The largest absolute Gasteiger partial charge is 0.381 e. The predicted molar refractivity (Wildman–Crippen MR) is 75.3 cm³/mol. The van der Waals surface area contributed by atoms with Crippen molar-refractivity contribution in [3.05, 3.63) is 28.2 Å². The maximum absolute atomic E-state index is 12.7. The Balaban J connectivity index is 2.03. The second-order valence-corrected chi connectivity index (χ2v) is 8.12. The second-order valence-electron chi connectivity index (χ2n) is 5.37. The summed E-state index contributed by atoms with van der Waals surface area (Å²) in [4.78, 5) is 0.448. The van der Waals surface area contributed by atoms with Gasteiger partial charge in [-0.2, -0.15) is 4.31 Å². The molecule has 0 bridgehead atoms. The third kappa shape index (κ3) is 2.14. The Morgan fingerprint density at radius 1 is 1.32 bits per heavy atom. The van der Waals surface area contributed by atoms with Crippen LogP contribution in [0.15, 0.2) is 27.6 Å². The first-order chi connectivity index (χ1) is 8.93. The zero-order valence-electron chi connectivity index (χ0n) is 10.7. The van der Waals surface area contributed by atoms with E-state index in [4.69, 9.17) is 4.74 Å². The molecule has 2 aliphatic heterocycles. The minimum Gasteiger partial charge on any atom is -0.381 e. The number of hydrogen-bond donors (Lipinski definition) is 0. The standard InChI is InChI=1S/C13H16BrNO3S/c1-13(4-6-18-7-5-13)15-9-10-8-11(14)2-3-12(10)19(15,16)17/h2-3,8H,4-7,9H2,1H3. The van der Waals surface area contributed by atoms with E-state index in [1.54, 1.807) is 16.4 Å². The van der Waals surface area contributed by atoms with E-state index in [9.17, 15) is 8.42 Å². The van der Waals surface area contributed by atoms with E-state index >= 15 is 0 Å². The number of halogens is 1. The van der Waals surface area contributed by atoms with Gasteiger partial charge < -0.3 is 4.74 Å². The maximum Gasteiger partial charge on any atom is 0.244 e. The van der Waals surface area contributed by atoms with Crippen molar-refractivity contribution < 1.29 is 13.2 Å². The van der Waals surface area contributed by atoms with Gasteiger partial charge in [-0.15, -0.1) is 0 Å². The quantitative estimate of drug-likeness (QED) is 0.785. The molecule has 0 amide bonds. The van der Waals surface area contributed by atoms with Gasteiger partial charge in [-0.05, 0) is 43.5 Å². The van der Waals surface area contributed by atoms with Gasteiger partial charge in [0.25, 0.3) is 0 Å². The van der Waals surface area contributed by atoms with Gasteiger partial charge in [0.1, 0.15) is 0 Å². The molecule has 3 rings (SSSR count). The van der Waals surface area contributed by atoms with Gasteiger partial charge in [0.2, 0.25) is 10.0 Å². The van der Waals surface area contributed by atoms with E-state index in [1.165, 1.54) is 0 Å². The molecule has 1 aromatic rings. The lowest BCUT2D eigenvalue weighted by Crippen LogP contribution is -2.49. The summed E-state index contributed by atoms with van der Waals surface area (Å²) in [6.07, 6.45) is 1.50. The van der Waals surface area contributed by atoms with Crippen LogP contribution in [0.4, 0.5) is 0 Å². The molecule has 2 aliphatic rings. The summed E-state index contributed by atoms with van der Waals surface area (Å²) in [6.45, 7) is 3.74. The summed E-state index contributed by atoms with van der Waals surface area (Å²) in [5.41, 5.74) is 0.546. The molecule has 2 heterocycles. The summed E-state index contributed by atoms with van der Waals surface area (Å²) in [7, 11) is -3.36. The van der Waals surface area contributed by atoms with Crippen molar-refractivity contribution >= 4 is 26.0 Å². The van der Waals surface area contributed by atoms with Gasteiger partial charge in [0.15, 0.2) is 0 Å². The van der Waals surface area contributed by atoms with Gasteiger partial charge in [-0.3, -0.25) is 0 Å². The summed E-state index contributed by atoms with van der Waals surface area (Å²) in [6, 6.07) is 5.37. The molecule has 0 unspecified atom stereocenters. The van der Waals surface area contributed by atoms with Crippen LogP contribution in [0.1, 0.15) is 25.3 Å². The number of benzene rings is 1. The van der Waals surface area contributed by atoms with Crippen LogP contribution in [0, 0.1) is 0 Å². The van der Waals surface area contributed by atoms with E-state index in [-0.39, 0.29) is 5.54 Å². The smallest absolute Gasteiger partial charge is 0.244 e. The number of sulfonamides is 1. The Bertz CT molecular complexity index is 608. The number of hydrogen-bond acceptors (Lipinski definition) is 3. The van der Waals surface area contributed by atoms with Crippen molar-refractivity contribution in [3.63, 3.8) is 0 Å². The Morgan fingerprint density at radius 3 is 2.68 bits per heavy atom. The average molecular weight is 346 g/mol. The molecule has 0 radical (unpaired) electrons. The first kappa shape index (κ1) is 13.5. The summed E-state index contributed by atoms with van der Waals surface area (Å²) >= 11 is 3.40. The highest BCUT2D eigenvalue weighted by molar-refractivity contribution is 9.10. The van der Waals surface area contributed by atoms with Crippen LogP contribution in [-0.4, -0.2) is 31.5 Å². The molecule has 0 atom stereocenters. The summed E-state index contributed by atoms with van der Waals surface area (Å²) in [5.74, 6) is 0. The average Bonchev–Trinajstić information content (AvgIpc) is 2.62. The van der Waals surface area contributed by atoms with E-state index in [2.05, 4.69) is 15.9 Å². The Kier molecular flexibility index (Phi) is 3.24. The fraction of sp³-hybridized carbons (Fsp3) is 0.538. The number of nitrogens with zero attached hydrogens (tertiary/aromatic N) is 1. The van der Waals surface area contributed by atoms with Crippen LogP contribution < -0.4 is 0 Å². The van der Waals surface area contributed by atoms with Gasteiger partial charge in [-0.1, -0.05) is 15.9 Å². The molecule has 0 aliphatic carbocycles. The van der Waals surface area contributed by atoms with Crippen molar-refractivity contribution in [3.8, 4) is 0 Å². The van der Waals surface area contributed by atoms with E-state index in [1.807, 2.05) is 13.0 Å². The number of fused-ring (bicyclic) bond motifs is 1. The Hall–Kier alpha value is -0.430. The SMILES string of the molecule is CC1(N2Cc3cc(Br)ccc3S2(=O)=O)CCOCC1. The third-order valence-electron chi connectivity index (χ3n) is 4.08. The fourth-order valence-corrected chi connectivity index (χ4v) is 5.24. The van der Waals surface area contributed by atoms with Crippen molar-refractivity contribution in [2.75, 3.05) is 13.2 Å². The third-order valence-corrected chi connectivity index (χ3v) is 6.67. The van der Waals surface area contributed by atoms with Crippen molar-refractivity contribution in [1.29, 1.82) is 0 Å². The predicted octanol–water partition coefficient (Wildman–Crippen LogP) is 2.52. The molecule has 4 nitrogen and oxygen atoms in total. The lowest BCUT2D eigenvalue weighted by atomic mass is 9.92. The lowest BCUT2D eigenvalue weighted by molar-refractivity contribution is 0.0138. The van der Waals surface area contributed by atoms with Crippen molar-refractivity contribution in [2.24, 2.45) is 0 Å². The van der Waals surface area contributed by atoms with Crippen molar-refractivity contribution in [1.82, 2.24) is 4.31 Å². The molecule has 0 saturated carbocycles. The molecule has 104 valence electrons. The zero-order valence-corrected chi connectivity index (χ0v) is 13.1. The van der Waals surface area contributed by atoms with E-state index in [0.29, 0.717) is 24.7 Å². The normalized spacial score (nSPS) is 25.2. The van der Waals surface area contributed by atoms with Crippen LogP contribution in [0.25, 0.3) is 0 Å². The van der Waals surface area contributed by atoms with E-state index in [0.717, 1.165) is 22.9 Å². The van der Waals surface area contributed by atoms with Gasteiger partial charge in [-0.25, -0.2) is 8.42 Å². The Labute approximate surface area is 121 Å². The number of rotatable bonds is 1.